The molecular weight excluding hydrogens is 326 g/mol. The Kier molecular flexibility index (Phi) is 3.92. The molecule has 0 fully saturated rings. The number of aromatic nitrogens is 1. The molecule has 0 unspecified atom stereocenters. The summed E-state index contributed by atoms with van der Waals surface area (Å²) in [5, 5.41) is 12.2. The van der Waals surface area contributed by atoms with Gasteiger partial charge >= 0.3 is 6.16 Å². The molecule has 2 heterocycles. The summed E-state index contributed by atoms with van der Waals surface area (Å²) in [6.45, 7) is 1.52. The van der Waals surface area contributed by atoms with Crippen LogP contribution in [0.25, 0.3) is 0 Å². The highest BCUT2D eigenvalue weighted by molar-refractivity contribution is 5.94. The highest BCUT2D eigenvalue weighted by Gasteiger charge is 2.31. The van der Waals surface area contributed by atoms with Gasteiger partial charge in [-0.1, -0.05) is 6.07 Å². The number of hydrogen-bond donors (Lipinski definition) is 1. The zero-order chi connectivity index (χ0) is 17.4. The lowest BCUT2D eigenvalue weighted by Gasteiger charge is -2.26. The van der Waals surface area contributed by atoms with Crippen molar-refractivity contribution in [3.63, 3.8) is 0 Å². The molecule has 0 atom stereocenters. The van der Waals surface area contributed by atoms with Gasteiger partial charge in [0.25, 0.3) is 11.8 Å². The van der Waals surface area contributed by atoms with Crippen LogP contribution in [0.2, 0.25) is 0 Å². The van der Waals surface area contributed by atoms with E-state index in [9.17, 15) is 18.4 Å². The predicted molar refractivity (Wildman–Crippen MR) is 74.7 cm³/mol. The van der Waals surface area contributed by atoms with Crippen molar-refractivity contribution in [2.75, 3.05) is 6.54 Å². The summed E-state index contributed by atoms with van der Waals surface area (Å²) in [5.41, 5.74) is 0.00450. The molecule has 0 saturated carbocycles. The van der Waals surface area contributed by atoms with Gasteiger partial charge in [0.05, 0.1) is 17.7 Å². The quantitative estimate of drug-likeness (QED) is 0.846. The predicted octanol–water partition coefficient (Wildman–Crippen LogP) is 2.52. The topological polar surface area (TPSA) is 92.9 Å². The van der Waals surface area contributed by atoms with Gasteiger partial charge in [0.2, 0.25) is 0 Å². The minimum atomic E-state index is -1.57. The lowest BCUT2D eigenvalue weighted by atomic mass is 10.1. The molecule has 9 heteroatoms. The lowest BCUT2D eigenvalue weighted by Crippen LogP contribution is -2.36. The summed E-state index contributed by atoms with van der Waals surface area (Å²) < 4.78 is 37.1. The van der Waals surface area contributed by atoms with Crippen LogP contribution in [0, 0.1) is 18.6 Å². The molecule has 0 spiro atoms. The molecule has 1 N–H and O–H groups in total. The Balaban J connectivity index is 1.87. The molecule has 0 radical (unpaired) electrons. The number of amides is 1. The Hall–Kier alpha value is -2.97. The average molecular weight is 338 g/mol. The van der Waals surface area contributed by atoms with Gasteiger partial charge in [0.15, 0.2) is 11.6 Å². The van der Waals surface area contributed by atoms with Crippen molar-refractivity contribution in [3.05, 3.63) is 46.2 Å². The second-order valence-electron chi connectivity index (χ2n) is 5.29. The molecular formula is C15H12F2N2O5. The van der Waals surface area contributed by atoms with E-state index in [0.717, 1.165) is 0 Å². The third-order valence-corrected chi connectivity index (χ3v) is 3.77. The number of nitrogens with zero attached hydrogens (tertiary/aromatic N) is 2. The number of carboxylic acid groups (broad SMARTS) is 1. The number of rotatable bonds is 2. The van der Waals surface area contributed by atoms with E-state index in [2.05, 4.69) is 9.89 Å². The zero-order valence-corrected chi connectivity index (χ0v) is 12.5. The molecule has 1 aliphatic rings. The van der Waals surface area contributed by atoms with Gasteiger partial charge < -0.3 is 19.3 Å². The van der Waals surface area contributed by atoms with Crippen molar-refractivity contribution in [2.24, 2.45) is 0 Å². The maximum Gasteiger partial charge on any atom is 0.512 e. The van der Waals surface area contributed by atoms with Crippen molar-refractivity contribution in [3.8, 4) is 5.88 Å². The molecule has 7 nitrogen and oxygen atoms in total. The van der Waals surface area contributed by atoms with E-state index in [4.69, 9.17) is 9.63 Å². The molecule has 1 aromatic heterocycles. The Morgan fingerprint density at radius 3 is 2.79 bits per heavy atom. The van der Waals surface area contributed by atoms with Gasteiger partial charge in [0, 0.05) is 13.0 Å². The Bertz CT molecular complexity index is 834. The highest BCUT2D eigenvalue weighted by atomic mass is 19.2. The number of halogens is 2. The fraction of sp³-hybridized carbons (Fsp3) is 0.267. The Morgan fingerprint density at radius 1 is 1.33 bits per heavy atom. The average Bonchev–Trinajstić information content (AvgIpc) is 2.94. The molecule has 2 aromatic rings. The van der Waals surface area contributed by atoms with Crippen LogP contribution in [0.3, 0.4) is 0 Å². The number of benzene rings is 1. The standard InChI is InChI=1S/C15H12F2N2O5/c1-7-2-3-8(12(17)11(7)16)14(20)19-5-4-10-9(6-19)13(18-24-10)23-15(21)22/h2-3H,4-6H2,1H3,(H,21,22). The number of aryl methyl sites for hydroxylation is 1. The van der Waals surface area contributed by atoms with E-state index in [1.807, 2.05) is 0 Å². The Morgan fingerprint density at radius 2 is 2.08 bits per heavy atom. The van der Waals surface area contributed by atoms with Crippen LogP contribution in [-0.2, 0) is 13.0 Å². The van der Waals surface area contributed by atoms with Crippen LogP contribution in [-0.4, -0.2) is 33.8 Å². The van der Waals surface area contributed by atoms with Crippen molar-refractivity contribution >= 4 is 12.1 Å². The largest absolute Gasteiger partial charge is 0.512 e. The third-order valence-electron chi connectivity index (χ3n) is 3.77. The SMILES string of the molecule is Cc1ccc(C(=O)N2CCc3onc(OC(=O)O)c3C2)c(F)c1F. The summed E-state index contributed by atoms with van der Waals surface area (Å²) in [6.07, 6.45) is -1.31. The molecule has 0 bridgehead atoms. The van der Waals surface area contributed by atoms with Gasteiger partial charge in [-0.3, -0.25) is 4.79 Å². The number of carbonyl (C=O) groups excluding carboxylic acids is 1. The first kappa shape index (κ1) is 15.9. The van der Waals surface area contributed by atoms with Gasteiger partial charge in [-0.05, 0) is 23.7 Å². The molecule has 1 amide bonds. The minimum absolute atomic E-state index is 0.0742. The minimum Gasteiger partial charge on any atom is -0.449 e. The molecule has 1 aromatic carbocycles. The molecule has 126 valence electrons. The summed E-state index contributed by atoms with van der Waals surface area (Å²) in [7, 11) is 0. The maximum atomic E-state index is 14.0. The van der Waals surface area contributed by atoms with Gasteiger partial charge in [-0.25, -0.2) is 13.6 Å². The van der Waals surface area contributed by atoms with Gasteiger partial charge in [-0.15, -0.1) is 0 Å². The molecule has 0 aliphatic carbocycles. The summed E-state index contributed by atoms with van der Waals surface area (Å²) in [4.78, 5) is 24.3. The van der Waals surface area contributed by atoms with Crippen molar-refractivity contribution in [1.29, 1.82) is 0 Å². The van der Waals surface area contributed by atoms with Gasteiger partial charge in [-0.2, -0.15) is 0 Å². The number of ether oxygens (including phenoxy) is 1. The summed E-state index contributed by atoms with van der Waals surface area (Å²) in [6, 6.07) is 2.53. The molecule has 24 heavy (non-hydrogen) atoms. The van der Waals surface area contributed by atoms with E-state index in [1.165, 1.54) is 24.0 Å². The van der Waals surface area contributed by atoms with E-state index in [-0.39, 0.29) is 31.0 Å². The lowest BCUT2D eigenvalue weighted by molar-refractivity contribution is 0.0722. The number of fused-ring (bicyclic) bond motifs is 1. The van der Waals surface area contributed by atoms with Crippen LogP contribution in [0.4, 0.5) is 13.6 Å². The molecule has 1 aliphatic heterocycles. The highest BCUT2D eigenvalue weighted by Crippen LogP contribution is 2.29. The Labute approximate surface area is 134 Å². The second-order valence-corrected chi connectivity index (χ2v) is 5.29. The van der Waals surface area contributed by atoms with Crippen LogP contribution in [0.5, 0.6) is 5.88 Å². The van der Waals surface area contributed by atoms with Crippen molar-refractivity contribution in [1.82, 2.24) is 10.1 Å². The molecule has 3 rings (SSSR count). The zero-order valence-electron chi connectivity index (χ0n) is 12.5. The van der Waals surface area contributed by atoms with Crippen molar-refractivity contribution in [2.45, 2.75) is 19.9 Å². The second kappa shape index (κ2) is 5.91. The first-order valence-electron chi connectivity index (χ1n) is 7.00. The smallest absolute Gasteiger partial charge is 0.449 e. The van der Waals surface area contributed by atoms with Crippen LogP contribution in [0.1, 0.15) is 27.2 Å². The first-order chi connectivity index (χ1) is 11.4. The number of hydrogen-bond acceptors (Lipinski definition) is 5. The van der Waals surface area contributed by atoms with E-state index < -0.39 is 29.3 Å². The summed E-state index contributed by atoms with van der Waals surface area (Å²) >= 11 is 0. The molecule has 0 saturated heterocycles. The van der Waals surface area contributed by atoms with E-state index in [0.29, 0.717) is 11.3 Å². The maximum absolute atomic E-state index is 14.0. The van der Waals surface area contributed by atoms with Gasteiger partial charge in [0.1, 0.15) is 5.76 Å². The normalized spacial score (nSPS) is 13.5. The fourth-order valence-corrected chi connectivity index (χ4v) is 2.50. The number of carbonyl (C=O) groups is 2. The first-order valence-corrected chi connectivity index (χ1v) is 7.00. The summed E-state index contributed by atoms with van der Waals surface area (Å²) in [5.74, 6) is -2.85. The van der Waals surface area contributed by atoms with Crippen LogP contribution >= 0.6 is 0 Å². The van der Waals surface area contributed by atoms with E-state index >= 15 is 0 Å². The fourth-order valence-electron chi connectivity index (χ4n) is 2.50. The van der Waals surface area contributed by atoms with E-state index in [1.54, 1.807) is 0 Å². The van der Waals surface area contributed by atoms with Crippen LogP contribution < -0.4 is 4.74 Å². The monoisotopic (exact) mass is 338 g/mol. The van der Waals surface area contributed by atoms with Crippen LogP contribution in [0.15, 0.2) is 16.7 Å². The third kappa shape index (κ3) is 2.68. The van der Waals surface area contributed by atoms with Crippen molar-refractivity contribution < 1.29 is 32.7 Å².